The van der Waals surface area contributed by atoms with Crippen molar-refractivity contribution in [1.82, 2.24) is 20.5 Å². The molecule has 1 aliphatic rings. The summed E-state index contributed by atoms with van der Waals surface area (Å²) < 4.78 is 0. The van der Waals surface area contributed by atoms with Crippen molar-refractivity contribution in [2.24, 2.45) is 4.99 Å². The highest BCUT2D eigenvalue weighted by atomic mass is 127. The third kappa shape index (κ3) is 8.62. The van der Waals surface area contributed by atoms with Crippen LogP contribution in [0.15, 0.2) is 23.3 Å². The SMILES string of the molecule is CCNC(=NCc1ccnc(N(C)C)c1)NCCCN1CCCCCC1=O.I. The zero-order valence-corrected chi connectivity index (χ0v) is 19.7. The number of nitrogens with one attached hydrogen (secondary N) is 2. The number of hydrogen-bond donors (Lipinski definition) is 2. The number of rotatable bonds is 8. The molecule has 1 aliphatic heterocycles. The fraction of sp³-hybridized carbons (Fsp3) is 0.650. The van der Waals surface area contributed by atoms with Crippen LogP contribution >= 0.6 is 24.0 Å². The van der Waals surface area contributed by atoms with Gasteiger partial charge >= 0.3 is 0 Å². The van der Waals surface area contributed by atoms with Gasteiger partial charge in [-0.05, 0) is 43.9 Å². The van der Waals surface area contributed by atoms with E-state index in [1.165, 1.54) is 6.42 Å². The largest absolute Gasteiger partial charge is 0.363 e. The van der Waals surface area contributed by atoms with E-state index in [0.29, 0.717) is 18.9 Å². The third-order valence-corrected chi connectivity index (χ3v) is 4.60. The fourth-order valence-electron chi connectivity index (χ4n) is 3.07. The highest BCUT2D eigenvalue weighted by Crippen LogP contribution is 2.11. The molecule has 2 rings (SSSR count). The molecule has 2 heterocycles. The Kier molecular flexibility index (Phi) is 11.9. The van der Waals surface area contributed by atoms with E-state index in [0.717, 1.165) is 62.8 Å². The first-order chi connectivity index (χ1) is 13.1. The number of likely N-dealkylation sites (tertiary alicyclic amines) is 1. The minimum absolute atomic E-state index is 0. The molecule has 0 bridgehead atoms. The Morgan fingerprint density at radius 1 is 1.29 bits per heavy atom. The number of nitrogens with zero attached hydrogens (tertiary/aromatic N) is 4. The maximum atomic E-state index is 12.0. The van der Waals surface area contributed by atoms with Gasteiger partial charge in [-0.3, -0.25) is 4.79 Å². The Morgan fingerprint density at radius 3 is 2.86 bits per heavy atom. The van der Waals surface area contributed by atoms with Gasteiger partial charge in [0.2, 0.25) is 5.91 Å². The maximum Gasteiger partial charge on any atom is 0.222 e. The smallest absolute Gasteiger partial charge is 0.222 e. The summed E-state index contributed by atoms with van der Waals surface area (Å²) in [6.45, 7) is 6.00. The van der Waals surface area contributed by atoms with Crippen molar-refractivity contribution in [2.45, 2.75) is 45.6 Å². The van der Waals surface area contributed by atoms with Gasteiger partial charge in [0, 0.05) is 52.9 Å². The summed E-state index contributed by atoms with van der Waals surface area (Å²) in [5.74, 6) is 2.05. The van der Waals surface area contributed by atoms with E-state index in [2.05, 4.69) is 33.6 Å². The molecule has 1 fully saturated rings. The molecule has 28 heavy (non-hydrogen) atoms. The van der Waals surface area contributed by atoms with Crippen LogP contribution in [0.3, 0.4) is 0 Å². The fourth-order valence-corrected chi connectivity index (χ4v) is 3.07. The molecule has 0 saturated carbocycles. The number of amides is 1. The Morgan fingerprint density at radius 2 is 2.11 bits per heavy atom. The van der Waals surface area contributed by atoms with Crippen molar-refractivity contribution in [3.8, 4) is 0 Å². The van der Waals surface area contributed by atoms with Crippen LogP contribution in [-0.2, 0) is 11.3 Å². The van der Waals surface area contributed by atoms with Gasteiger partial charge in [0.1, 0.15) is 5.82 Å². The summed E-state index contributed by atoms with van der Waals surface area (Å²) in [6.07, 6.45) is 6.79. The first-order valence-electron chi connectivity index (χ1n) is 10.0. The molecule has 1 saturated heterocycles. The first kappa shape index (κ1) is 24.5. The van der Waals surface area contributed by atoms with Crippen molar-refractivity contribution in [2.75, 3.05) is 45.2 Å². The predicted molar refractivity (Wildman–Crippen MR) is 126 cm³/mol. The standard InChI is InChI=1S/C20H34N6O.HI/c1-4-21-20(24-16-17-10-12-22-18(15-17)25(2)3)23-11-8-14-26-13-7-5-6-9-19(26)27;/h10,12,15H,4-9,11,13-14,16H2,1-3H3,(H2,21,23,24);1H. The molecule has 0 unspecified atom stereocenters. The van der Waals surface area contributed by atoms with E-state index in [1.54, 1.807) is 0 Å². The molecule has 158 valence electrons. The van der Waals surface area contributed by atoms with Gasteiger partial charge in [-0.15, -0.1) is 24.0 Å². The number of carbonyl (C=O) groups is 1. The predicted octanol–water partition coefficient (Wildman–Crippen LogP) is 2.61. The van der Waals surface area contributed by atoms with E-state index >= 15 is 0 Å². The summed E-state index contributed by atoms with van der Waals surface area (Å²) in [7, 11) is 3.96. The van der Waals surface area contributed by atoms with E-state index < -0.39 is 0 Å². The van der Waals surface area contributed by atoms with Gasteiger partial charge in [0.25, 0.3) is 0 Å². The van der Waals surface area contributed by atoms with Gasteiger partial charge in [-0.25, -0.2) is 9.98 Å². The molecule has 7 nitrogen and oxygen atoms in total. The average Bonchev–Trinajstić information content (AvgIpc) is 2.87. The normalized spacial score (nSPS) is 14.9. The van der Waals surface area contributed by atoms with Crippen LogP contribution in [0.25, 0.3) is 0 Å². The lowest BCUT2D eigenvalue weighted by atomic mass is 10.2. The molecule has 0 spiro atoms. The molecule has 0 aromatic carbocycles. The van der Waals surface area contributed by atoms with Crippen LogP contribution in [-0.4, -0.2) is 62.0 Å². The Balaban J connectivity index is 0.00000392. The maximum absolute atomic E-state index is 12.0. The molecule has 1 amide bonds. The Labute approximate surface area is 186 Å². The van der Waals surface area contributed by atoms with Crippen molar-refractivity contribution in [3.05, 3.63) is 23.9 Å². The van der Waals surface area contributed by atoms with E-state index in [1.807, 2.05) is 36.2 Å². The highest BCUT2D eigenvalue weighted by molar-refractivity contribution is 14.0. The molecule has 0 aliphatic carbocycles. The molecular weight excluding hydrogens is 467 g/mol. The number of hydrogen-bond acceptors (Lipinski definition) is 4. The number of guanidine groups is 1. The van der Waals surface area contributed by atoms with E-state index in [4.69, 9.17) is 0 Å². The minimum Gasteiger partial charge on any atom is -0.363 e. The zero-order valence-electron chi connectivity index (χ0n) is 17.4. The van der Waals surface area contributed by atoms with E-state index in [9.17, 15) is 4.79 Å². The van der Waals surface area contributed by atoms with Crippen molar-refractivity contribution < 1.29 is 4.79 Å². The lowest BCUT2D eigenvalue weighted by molar-refractivity contribution is -0.130. The molecule has 2 N–H and O–H groups in total. The van der Waals surface area contributed by atoms with Crippen molar-refractivity contribution in [3.63, 3.8) is 0 Å². The van der Waals surface area contributed by atoms with Gasteiger partial charge in [-0.1, -0.05) is 6.42 Å². The van der Waals surface area contributed by atoms with Gasteiger partial charge < -0.3 is 20.4 Å². The van der Waals surface area contributed by atoms with Crippen molar-refractivity contribution >= 4 is 41.7 Å². The van der Waals surface area contributed by atoms with Crippen LogP contribution in [0, 0.1) is 0 Å². The zero-order chi connectivity index (χ0) is 19.5. The Hall–Kier alpha value is -1.58. The molecule has 0 radical (unpaired) electrons. The van der Waals surface area contributed by atoms with Crippen LogP contribution in [0.4, 0.5) is 5.82 Å². The lowest BCUT2D eigenvalue weighted by Gasteiger charge is -2.20. The monoisotopic (exact) mass is 502 g/mol. The van der Waals surface area contributed by atoms with Crippen LogP contribution in [0.2, 0.25) is 0 Å². The summed E-state index contributed by atoms with van der Waals surface area (Å²) in [4.78, 5) is 25.0. The summed E-state index contributed by atoms with van der Waals surface area (Å²) in [6, 6.07) is 4.04. The highest BCUT2D eigenvalue weighted by Gasteiger charge is 2.15. The minimum atomic E-state index is 0. The van der Waals surface area contributed by atoms with E-state index in [-0.39, 0.29) is 24.0 Å². The number of pyridine rings is 1. The number of halogens is 1. The van der Waals surface area contributed by atoms with Gasteiger partial charge in [0.05, 0.1) is 6.54 Å². The second kappa shape index (κ2) is 13.6. The summed E-state index contributed by atoms with van der Waals surface area (Å²) in [5.41, 5.74) is 1.13. The van der Waals surface area contributed by atoms with Crippen LogP contribution in [0.5, 0.6) is 0 Å². The molecular formula is C20H35IN6O. The second-order valence-electron chi connectivity index (χ2n) is 7.08. The van der Waals surface area contributed by atoms with Gasteiger partial charge in [-0.2, -0.15) is 0 Å². The summed E-state index contributed by atoms with van der Waals surface area (Å²) >= 11 is 0. The topological polar surface area (TPSA) is 72.9 Å². The number of aliphatic imine (C=N–C) groups is 1. The second-order valence-corrected chi connectivity index (χ2v) is 7.08. The van der Waals surface area contributed by atoms with Crippen molar-refractivity contribution in [1.29, 1.82) is 0 Å². The van der Waals surface area contributed by atoms with Crippen LogP contribution < -0.4 is 15.5 Å². The quantitative estimate of drug-likeness (QED) is 0.248. The Bertz CT molecular complexity index is 622. The first-order valence-corrected chi connectivity index (χ1v) is 10.0. The molecule has 0 atom stereocenters. The number of aromatic nitrogens is 1. The molecule has 1 aromatic heterocycles. The van der Waals surface area contributed by atoms with Crippen LogP contribution in [0.1, 0.15) is 44.6 Å². The average molecular weight is 502 g/mol. The van der Waals surface area contributed by atoms with Gasteiger partial charge in [0.15, 0.2) is 5.96 Å². The number of anilines is 1. The molecule has 8 heteroatoms. The number of carbonyl (C=O) groups excluding carboxylic acids is 1. The molecule has 1 aromatic rings. The lowest BCUT2D eigenvalue weighted by Crippen LogP contribution is -2.39. The third-order valence-electron chi connectivity index (χ3n) is 4.60. The summed E-state index contributed by atoms with van der Waals surface area (Å²) in [5, 5.41) is 6.65.